The van der Waals surface area contributed by atoms with E-state index < -0.39 is 0 Å². The number of hydrogen-bond acceptors (Lipinski definition) is 3. The number of aryl methyl sites for hydroxylation is 2. The molecule has 0 radical (unpaired) electrons. The van der Waals surface area contributed by atoms with Crippen molar-refractivity contribution in [1.29, 1.82) is 0 Å². The van der Waals surface area contributed by atoms with Gasteiger partial charge in [-0.3, -0.25) is 4.79 Å². The molecule has 1 aromatic heterocycles. The van der Waals surface area contributed by atoms with Gasteiger partial charge in [0.1, 0.15) is 5.15 Å². The van der Waals surface area contributed by atoms with E-state index in [-0.39, 0.29) is 5.91 Å². The van der Waals surface area contributed by atoms with Crippen LogP contribution in [0.1, 0.15) is 47.4 Å². The second-order valence-electron chi connectivity index (χ2n) is 8.36. The number of amides is 1. The minimum atomic E-state index is -0.143. The monoisotopic (exact) mass is 402 g/mol. The van der Waals surface area contributed by atoms with E-state index in [1.807, 2.05) is 6.92 Å². The topological polar surface area (TPSA) is 50.2 Å². The predicted octanol–water partition coefficient (Wildman–Crippen LogP) is 3.91. The van der Waals surface area contributed by atoms with Crippen molar-refractivity contribution in [1.82, 2.24) is 20.0 Å². The molecule has 1 saturated heterocycles. The van der Waals surface area contributed by atoms with Gasteiger partial charge in [-0.15, -0.1) is 0 Å². The quantitative estimate of drug-likeness (QED) is 0.796. The number of likely N-dealkylation sites (tertiary alicyclic amines) is 1. The van der Waals surface area contributed by atoms with Crippen molar-refractivity contribution in [3.05, 3.63) is 51.8 Å². The van der Waals surface area contributed by atoms with Crippen molar-refractivity contribution >= 4 is 17.5 Å². The van der Waals surface area contributed by atoms with Crippen molar-refractivity contribution in [2.24, 2.45) is 11.8 Å². The molecule has 0 aliphatic carbocycles. The molecule has 6 heteroatoms. The summed E-state index contributed by atoms with van der Waals surface area (Å²) in [7, 11) is 0. The third kappa shape index (κ3) is 5.15. The summed E-state index contributed by atoms with van der Waals surface area (Å²) in [5, 5.41) is 7.90. The summed E-state index contributed by atoms with van der Waals surface area (Å²) in [5.74, 6) is 1.29. The highest BCUT2D eigenvalue weighted by atomic mass is 35.5. The zero-order chi connectivity index (χ0) is 20.3. The van der Waals surface area contributed by atoms with Crippen LogP contribution in [0.4, 0.5) is 0 Å². The minimum absolute atomic E-state index is 0.143. The number of aromatic nitrogens is 2. The maximum absolute atomic E-state index is 12.7. The maximum Gasteiger partial charge on any atom is 0.256 e. The molecule has 2 heterocycles. The van der Waals surface area contributed by atoms with Crippen LogP contribution in [-0.4, -0.2) is 46.8 Å². The molecule has 1 fully saturated rings. The SMILES string of the molecule is Cc1ccc(Cn2nc(C)c(C(=O)NCCN3CC(C)CC(C)C3)c2Cl)cc1. The summed E-state index contributed by atoms with van der Waals surface area (Å²) in [6.45, 7) is 12.7. The summed E-state index contributed by atoms with van der Waals surface area (Å²) in [5.41, 5.74) is 3.46. The fourth-order valence-electron chi connectivity index (χ4n) is 4.17. The van der Waals surface area contributed by atoms with E-state index in [4.69, 9.17) is 11.6 Å². The van der Waals surface area contributed by atoms with E-state index in [0.29, 0.717) is 29.5 Å². The maximum atomic E-state index is 12.7. The Balaban J connectivity index is 1.59. The van der Waals surface area contributed by atoms with Crippen molar-refractivity contribution < 1.29 is 4.79 Å². The van der Waals surface area contributed by atoms with Gasteiger partial charge in [-0.2, -0.15) is 5.10 Å². The number of hydrogen-bond donors (Lipinski definition) is 1. The highest BCUT2D eigenvalue weighted by Crippen LogP contribution is 2.22. The van der Waals surface area contributed by atoms with Crippen molar-refractivity contribution in [2.45, 2.75) is 40.7 Å². The first-order chi connectivity index (χ1) is 13.3. The lowest BCUT2D eigenvalue weighted by atomic mass is 9.92. The van der Waals surface area contributed by atoms with Gasteiger partial charge >= 0.3 is 0 Å². The van der Waals surface area contributed by atoms with Crippen LogP contribution in [0.5, 0.6) is 0 Å². The normalized spacial score (nSPS) is 20.3. The van der Waals surface area contributed by atoms with Gasteiger partial charge in [0.15, 0.2) is 0 Å². The smallest absolute Gasteiger partial charge is 0.256 e. The molecule has 0 spiro atoms. The van der Waals surface area contributed by atoms with Crippen LogP contribution >= 0.6 is 11.6 Å². The second kappa shape index (κ2) is 9.10. The average molecular weight is 403 g/mol. The number of benzene rings is 1. The van der Waals surface area contributed by atoms with Crippen LogP contribution in [0.25, 0.3) is 0 Å². The molecule has 1 aromatic carbocycles. The van der Waals surface area contributed by atoms with E-state index in [2.05, 4.69) is 60.4 Å². The Hall–Kier alpha value is -1.85. The van der Waals surface area contributed by atoms with Gasteiger partial charge in [-0.25, -0.2) is 4.68 Å². The molecule has 1 aliphatic heterocycles. The summed E-state index contributed by atoms with van der Waals surface area (Å²) in [6.07, 6.45) is 1.29. The lowest BCUT2D eigenvalue weighted by molar-refractivity contribution is 0.0936. The molecule has 3 rings (SSSR count). The number of carbonyl (C=O) groups is 1. The van der Waals surface area contributed by atoms with Crippen LogP contribution in [0.3, 0.4) is 0 Å². The molecule has 0 bridgehead atoms. The van der Waals surface area contributed by atoms with E-state index in [9.17, 15) is 4.79 Å². The number of piperidine rings is 1. The van der Waals surface area contributed by atoms with E-state index in [0.717, 1.165) is 37.0 Å². The molecular weight excluding hydrogens is 372 g/mol. The number of nitrogens with zero attached hydrogens (tertiary/aromatic N) is 3. The third-order valence-electron chi connectivity index (χ3n) is 5.40. The van der Waals surface area contributed by atoms with Gasteiger partial charge in [0.05, 0.1) is 17.8 Å². The molecule has 0 saturated carbocycles. The number of halogens is 1. The number of carbonyl (C=O) groups excluding carboxylic acids is 1. The zero-order valence-electron chi connectivity index (χ0n) is 17.3. The summed E-state index contributed by atoms with van der Waals surface area (Å²) < 4.78 is 1.70. The van der Waals surface area contributed by atoms with Crippen LogP contribution in [0.15, 0.2) is 24.3 Å². The van der Waals surface area contributed by atoms with Crippen LogP contribution < -0.4 is 5.32 Å². The molecule has 1 aliphatic rings. The lowest BCUT2D eigenvalue weighted by Crippen LogP contribution is -2.42. The van der Waals surface area contributed by atoms with Gasteiger partial charge < -0.3 is 10.2 Å². The molecule has 2 atom stereocenters. The molecule has 1 N–H and O–H groups in total. The number of rotatable bonds is 6. The highest BCUT2D eigenvalue weighted by molar-refractivity contribution is 6.33. The Morgan fingerprint density at radius 3 is 2.46 bits per heavy atom. The average Bonchev–Trinajstić information content (AvgIpc) is 2.89. The van der Waals surface area contributed by atoms with Crippen molar-refractivity contribution in [3.63, 3.8) is 0 Å². The molecule has 152 valence electrons. The summed E-state index contributed by atoms with van der Waals surface area (Å²) in [6, 6.07) is 8.25. The van der Waals surface area contributed by atoms with Crippen LogP contribution in [-0.2, 0) is 6.54 Å². The lowest BCUT2D eigenvalue weighted by Gasteiger charge is -2.34. The van der Waals surface area contributed by atoms with Crippen molar-refractivity contribution in [3.8, 4) is 0 Å². The highest BCUT2D eigenvalue weighted by Gasteiger charge is 2.23. The van der Waals surface area contributed by atoms with Gasteiger partial charge in [-0.05, 0) is 37.7 Å². The van der Waals surface area contributed by atoms with Crippen LogP contribution in [0, 0.1) is 25.7 Å². The fourth-order valence-corrected chi connectivity index (χ4v) is 4.49. The van der Waals surface area contributed by atoms with E-state index >= 15 is 0 Å². The fraction of sp³-hybridized carbons (Fsp3) is 0.545. The first-order valence-corrected chi connectivity index (χ1v) is 10.5. The summed E-state index contributed by atoms with van der Waals surface area (Å²) in [4.78, 5) is 15.1. The van der Waals surface area contributed by atoms with Gasteiger partial charge in [0, 0.05) is 26.2 Å². The minimum Gasteiger partial charge on any atom is -0.351 e. The Labute approximate surface area is 173 Å². The summed E-state index contributed by atoms with van der Waals surface area (Å²) >= 11 is 6.50. The second-order valence-corrected chi connectivity index (χ2v) is 8.71. The Morgan fingerprint density at radius 2 is 1.82 bits per heavy atom. The van der Waals surface area contributed by atoms with Gasteiger partial charge in [0.2, 0.25) is 0 Å². The van der Waals surface area contributed by atoms with Crippen molar-refractivity contribution in [2.75, 3.05) is 26.2 Å². The zero-order valence-corrected chi connectivity index (χ0v) is 18.1. The largest absolute Gasteiger partial charge is 0.351 e. The van der Waals surface area contributed by atoms with Gasteiger partial charge in [0.25, 0.3) is 5.91 Å². The third-order valence-corrected chi connectivity index (χ3v) is 5.79. The molecule has 5 nitrogen and oxygen atoms in total. The molecule has 2 unspecified atom stereocenters. The molecule has 28 heavy (non-hydrogen) atoms. The number of nitrogens with one attached hydrogen (secondary N) is 1. The van der Waals surface area contributed by atoms with Gasteiger partial charge in [-0.1, -0.05) is 55.3 Å². The predicted molar refractivity (Wildman–Crippen MR) is 114 cm³/mol. The first kappa shape index (κ1) is 20.9. The Kier molecular flexibility index (Phi) is 6.78. The molecular formula is C22H31ClN4O. The standard InChI is InChI=1S/C22H31ClN4O/c1-15-5-7-19(8-6-15)14-27-21(23)20(18(4)25-27)22(28)24-9-10-26-12-16(2)11-17(3)13-26/h5-8,16-17H,9-14H2,1-4H3,(H,24,28). The first-order valence-electron chi connectivity index (χ1n) is 10.1. The van der Waals surface area contributed by atoms with E-state index in [1.54, 1.807) is 4.68 Å². The molecule has 2 aromatic rings. The Morgan fingerprint density at radius 1 is 1.18 bits per heavy atom. The molecule has 1 amide bonds. The van der Waals surface area contributed by atoms with E-state index in [1.165, 1.54) is 12.0 Å². The Bertz CT molecular complexity index is 805. The van der Waals surface area contributed by atoms with Crippen LogP contribution in [0.2, 0.25) is 5.15 Å².